The molecule has 2 aromatic carbocycles. The van der Waals surface area contributed by atoms with E-state index in [1.165, 1.54) is 37.6 Å². The van der Waals surface area contributed by atoms with Crippen molar-refractivity contribution in [2.75, 3.05) is 0 Å². The lowest BCUT2D eigenvalue weighted by atomic mass is 9.96. The van der Waals surface area contributed by atoms with Crippen LogP contribution in [0.15, 0.2) is 54.6 Å². The Kier molecular flexibility index (Phi) is 4.68. The van der Waals surface area contributed by atoms with Crippen molar-refractivity contribution in [3.63, 3.8) is 0 Å². The Bertz CT molecular complexity index is 745. The molecule has 1 aromatic heterocycles. The van der Waals surface area contributed by atoms with E-state index in [1.807, 2.05) is 11.3 Å². The molecule has 0 atom stereocenters. The third-order valence-electron chi connectivity index (χ3n) is 4.07. The smallest absolute Gasteiger partial charge is 0.0426 e. The molecule has 1 heterocycles. The van der Waals surface area contributed by atoms with Gasteiger partial charge in [-0.25, -0.2) is 0 Å². The van der Waals surface area contributed by atoms with Crippen molar-refractivity contribution in [1.29, 1.82) is 0 Å². The fourth-order valence-corrected chi connectivity index (χ4v) is 4.29. The van der Waals surface area contributed by atoms with Crippen molar-refractivity contribution in [2.24, 2.45) is 5.92 Å². The van der Waals surface area contributed by atoms with E-state index >= 15 is 0 Å². The van der Waals surface area contributed by atoms with E-state index in [9.17, 15) is 0 Å². The summed E-state index contributed by atoms with van der Waals surface area (Å²) in [6.07, 6.45) is 2.36. The van der Waals surface area contributed by atoms with Gasteiger partial charge >= 0.3 is 0 Å². The van der Waals surface area contributed by atoms with Gasteiger partial charge in [0.15, 0.2) is 0 Å². The molecule has 0 aliphatic carbocycles. The van der Waals surface area contributed by atoms with E-state index in [0.717, 1.165) is 0 Å². The highest BCUT2D eigenvalue weighted by molar-refractivity contribution is 7.16. The molecule has 3 rings (SSSR count). The molecule has 23 heavy (non-hydrogen) atoms. The van der Waals surface area contributed by atoms with Crippen molar-refractivity contribution in [1.82, 2.24) is 0 Å². The van der Waals surface area contributed by atoms with Crippen LogP contribution in [0.1, 0.15) is 29.9 Å². The molecule has 117 valence electrons. The molecule has 0 fully saturated rings. The Labute approximate surface area is 143 Å². The quantitative estimate of drug-likeness (QED) is 0.490. The largest absolute Gasteiger partial charge is 0.139 e. The minimum Gasteiger partial charge on any atom is -0.139 e. The maximum Gasteiger partial charge on any atom is 0.0426 e. The van der Waals surface area contributed by atoms with Gasteiger partial charge in [0.2, 0.25) is 0 Å². The summed E-state index contributed by atoms with van der Waals surface area (Å²) in [5.74, 6) is 0.558. The Morgan fingerprint density at radius 2 is 1.35 bits per heavy atom. The minimum atomic E-state index is 0.558. The van der Waals surface area contributed by atoms with Crippen LogP contribution in [-0.4, -0.2) is 0 Å². The summed E-state index contributed by atoms with van der Waals surface area (Å²) in [7, 11) is 0. The second-order valence-electron chi connectivity index (χ2n) is 6.43. The zero-order valence-electron chi connectivity index (χ0n) is 14.3. The predicted octanol–water partition coefficient (Wildman–Crippen LogP) is 6.91. The van der Waals surface area contributed by atoms with Crippen LogP contribution in [0.4, 0.5) is 0 Å². The first-order valence-electron chi connectivity index (χ1n) is 8.17. The Morgan fingerprint density at radius 3 is 1.91 bits per heavy atom. The van der Waals surface area contributed by atoms with Gasteiger partial charge in [-0.3, -0.25) is 0 Å². The molecule has 0 saturated carbocycles. The third kappa shape index (κ3) is 3.40. The summed E-state index contributed by atoms with van der Waals surface area (Å²) in [6.45, 7) is 8.87. The summed E-state index contributed by atoms with van der Waals surface area (Å²) in [6, 6.07) is 19.7. The van der Waals surface area contributed by atoms with Gasteiger partial charge in [-0.05, 0) is 48.1 Å². The van der Waals surface area contributed by atoms with E-state index < -0.39 is 0 Å². The average molecular weight is 319 g/mol. The first kappa shape index (κ1) is 16.0. The van der Waals surface area contributed by atoms with Gasteiger partial charge in [0, 0.05) is 21.7 Å². The molecule has 0 bridgehead atoms. The molecule has 0 saturated heterocycles. The highest BCUT2D eigenvalue weighted by Gasteiger charge is 2.16. The second kappa shape index (κ2) is 6.72. The average Bonchev–Trinajstić information content (AvgIpc) is 2.90. The number of benzene rings is 2. The van der Waals surface area contributed by atoms with Crippen LogP contribution in [0.3, 0.4) is 0 Å². The number of hydrogen-bond acceptors (Lipinski definition) is 1. The number of rotatable bonds is 4. The van der Waals surface area contributed by atoms with Crippen molar-refractivity contribution in [3.8, 4) is 21.6 Å². The van der Waals surface area contributed by atoms with Gasteiger partial charge in [-0.1, -0.05) is 62.4 Å². The summed E-state index contributed by atoms with van der Waals surface area (Å²) in [5, 5.41) is 0. The van der Waals surface area contributed by atoms with E-state index in [1.54, 1.807) is 0 Å². The maximum atomic E-state index is 2.36. The van der Waals surface area contributed by atoms with Crippen molar-refractivity contribution in [2.45, 2.75) is 27.7 Å². The molecule has 0 nitrogen and oxygen atoms in total. The fourth-order valence-electron chi connectivity index (χ4n) is 2.92. The van der Waals surface area contributed by atoms with E-state index in [2.05, 4.69) is 88.7 Å². The molecule has 0 N–H and O–H groups in total. The van der Waals surface area contributed by atoms with Gasteiger partial charge in [0.1, 0.15) is 0 Å². The highest BCUT2D eigenvalue weighted by atomic mass is 32.1. The minimum absolute atomic E-state index is 0.558. The molecule has 1 heteroatoms. The highest BCUT2D eigenvalue weighted by Crippen LogP contribution is 2.42. The van der Waals surface area contributed by atoms with Crippen LogP contribution in [0.5, 0.6) is 0 Å². The van der Waals surface area contributed by atoms with E-state index in [0.29, 0.717) is 5.92 Å². The first-order chi connectivity index (χ1) is 11.1. The molecule has 3 aromatic rings. The standard InChI is InChI=1S/C22H23S/c1-15(2)13-18-14-21(19-11-7-5-9-16(19)3)22(23-18)20-12-8-6-10-17(20)4/h5-15H,1-4H3. The Hall–Kier alpha value is -1.86. The Morgan fingerprint density at radius 1 is 0.783 bits per heavy atom. The summed E-state index contributed by atoms with van der Waals surface area (Å²) in [5.41, 5.74) is 6.70. The predicted molar refractivity (Wildman–Crippen MR) is 103 cm³/mol. The molecule has 0 amide bonds. The molecule has 0 unspecified atom stereocenters. The van der Waals surface area contributed by atoms with Crippen LogP contribution in [0.2, 0.25) is 0 Å². The number of hydrogen-bond donors (Lipinski definition) is 0. The fraction of sp³-hybridized carbons (Fsp3) is 0.227. The van der Waals surface area contributed by atoms with Crippen LogP contribution in [0.25, 0.3) is 21.6 Å². The van der Waals surface area contributed by atoms with Crippen LogP contribution < -0.4 is 0 Å². The lowest BCUT2D eigenvalue weighted by molar-refractivity contribution is 0.781. The lowest BCUT2D eigenvalue weighted by Gasteiger charge is -2.09. The molecule has 0 aliphatic rings. The number of thiophene rings is 1. The molecule has 1 radical (unpaired) electrons. The second-order valence-corrected chi connectivity index (χ2v) is 7.52. The van der Waals surface area contributed by atoms with E-state index in [-0.39, 0.29) is 0 Å². The molecule has 0 spiro atoms. The zero-order valence-corrected chi connectivity index (χ0v) is 15.1. The first-order valence-corrected chi connectivity index (χ1v) is 8.98. The lowest BCUT2D eigenvalue weighted by Crippen LogP contribution is -1.86. The molecule has 0 aliphatic heterocycles. The van der Waals surface area contributed by atoms with E-state index in [4.69, 9.17) is 0 Å². The van der Waals surface area contributed by atoms with Gasteiger partial charge in [0.25, 0.3) is 0 Å². The third-order valence-corrected chi connectivity index (χ3v) is 5.21. The molecular formula is C22H23S. The zero-order chi connectivity index (χ0) is 16.4. The van der Waals surface area contributed by atoms with Crippen LogP contribution in [0, 0.1) is 26.2 Å². The van der Waals surface area contributed by atoms with Crippen molar-refractivity contribution in [3.05, 3.63) is 77.0 Å². The van der Waals surface area contributed by atoms with Crippen molar-refractivity contribution < 1.29 is 0 Å². The topological polar surface area (TPSA) is 0 Å². The van der Waals surface area contributed by atoms with Gasteiger partial charge in [-0.2, -0.15) is 0 Å². The van der Waals surface area contributed by atoms with Gasteiger partial charge < -0.3 is 0 Å². The number of aryl methyl sites for hydroxylation is 2. The molecular weight excluding hydrogens is 296 g/mol. The summed E-state index contributed by atoms with van der Waals surface area (Å²) >= 11 is 1.90. The SMILES string of the molecule is Cc1ccccc1-c1cc([CH]C(C)C)sc1-c1ccccc1C. The van der Waals surface area contributed by atoms with Crippen LogP contribution in [-0.2, 0) is 0 Å². The summed E-state index contributed by atoms with van der Waals surface area (Å²) < 4.78 is 0. The van der Waals surface area contributed by atoms with Crippen LogP contribution >= 0.6 is 11.3 Å². The summed E-state index contributed by atoms with van der Waals surface area (Å²) in [4.78, 5) is 2.74. The monoisotopic (exact) mass is 319 g/mol. The maximum absolute atomic E-state index is 2.36. The van der Waals surface area contributed by atoms with Gasteiger partial charge in [0.05, 0.1) is 0 Å². The van der Waals surface area contributed by atoms with Gasteiger partial charge in [-0.15, -0.1) is 11.3 Å². The Balaban J connectivity index is 2.20. The van der Waals surface area contributed by atoms with Crippen molar-refractivity contribution >= 4 is 11.3 Å². The normalized spacial score (nSPS) is 11.2.